The standard InChI is InChI=1S/C20H20F3N3O2S/c1-11(16-6-7-18(29-16)28-10-20(21,22)23)24-17(27)9-12-8-13(12)19-25-14-4-2-3-5-15(14)26-19/h2-7,11-13H,8-10H2,1H3,(H,24,27)(H,25,26)/t11-,12+,13-/m1/s1. The molecule has 1 fully saturated rings. The number of rotatable bonds is 7. The highest BCUT2D eigenvalue weighted by molar-refractivity contribution is 7.13. The number of hydrogen-bond acceptors (Lipinski definition) is 4. The molecule has 154 valence electrons. The van der Waals surface area contributed by atoms with Gasteiger partial charge in [0.15, 0.2) is 11.7 Å². The lowest BCUT2D eigenvalue weighted by Crippen LogP contribution is -2.26. The number of H-pyrrole nitrogens is 1. The van der Waals surface area contributed by atoms with Crippen molar-refractivity contribution in [3.63, 3.8) is 0 Å². The lowest BCUT2D eigenvalue weighted by molar-refractivity contribution is -0.152. The largest absolute Gasteiger partial charge is 0.475 e. The van der Waals surface area contributed by atoms with Gasteiger partial charge in [-0.3, -0.25) is 4.79 Å². The first kappa shape index (κ1) is 19.8. The number of benzene rings is 1. The number of ether oxygens (including phenoxy) is 1. The van der Waals surface area contributed by atoms with Crippen molar-refractivity contribution in [2.24, 2.45) is 5.92 Å². The number of aromatic amines is 1. The normalized spacial score (nSPS) is 19.9. The topological polar surface area (TPSA) is 67.0 Å². The number of imidazole rings is 1. The number of para-hydroxylation sites is 2. The summed E-state index contributed by atoms with van der Waals surface area (Å²) in [5.74, 6) is 1.35. The summed E-state index contributed by atoms with van der Waals surface area (Å²) in [5, 5.41) is 3.10. The first-order chi connectivity index (χ1) is 13.8. The smallest absolute Gasteiger partial charge is 0.422 e. The number of carbonyl (C=O) groups is 1. The predicted octanol–water partition coefficient (Wildman–Crippen LogP) is 4.94. The van der Waals surface area contributed by atoms with Gasteiger partial charge in [-0.1, -0.05) is 12.1 Å². The molecule has 0 aliphatic heterocycles. The van der Waals surface area contributed by atoms with Gasteiger partial charge in [0.05, 0.1) is 17.1 Å². The highest BCUT2D eigenvalue weighted by Crippen LogP contribution is 2.48. The highest BCUT2D eigenvalue weighted by atomic mass is 32.1. The fourth-order valence-electron chi connectivity index (χ4n) is 3.36. The van der Waals surface area contributed by atoms with Gasteiger partial charge in [-0.05, 0) is 43.5 Å². The van der Waals surface area contributed by atoms with E-state index in [1.54, 1.807) is 13.0 Å². The second kappa shape index (κ2) is 7.70. The van der Waals surface area contributed by atoms with Crippen molar-refractivity contribution in [1.29, 1.82) is 0 Å². The van der Waals surface area contributed by atoms with Gasteiger partial charge in [0.25, 0.3) is 0 Å². The maximum Gasteiger partial charge on any atom is 0.422 e. The third-order valence-electron chi connectivity index (χ3n) is 4.91. The summed E-state index contributed by atoms with van der Waals surface area (Å²) in [6, 6.07) is 10.7. The van der Waals surface area contributed by atoms with E-state index in [1.807, 2.05) is 24.3 Å². The average Bonchev–Trinajstić information content (AvgIpc) is 3.08. The minimum absolute atomic E-state index is 0.0766. The first-order valence-electron chi connectivity index (χ1n) is 9.32. The summed E-state index contributed by atoms with van der Waals surface area (Å²) in [4.78, 5) is 21.0. The zero-order valence-corrected chi connectivity index (χ0v) is 16.4. The Morgan fingerprint density at radius 2 is 2.14 bits per heavy atom. The van der Waals surface area contributed by atoms with Gasteiger partial charge in [-0.2, -0.15) is 13.2 Å². The van der Waals surface area contributed by atoms with E-state index < -0.39 is 12.8 Å². The number of fused-ring (bicyclic) bond motifs is 1. The van der Waals surface area contributed by atoms with Crippen LogP contribution in [0.3, 0.4) is 0 Å². The highest BCUT2D eigenvalue weighted by Gasteiger charge is 2.42. The van der Waals surface area contributed by atoms with Gasteiger partial charge in [0, 0.05) is 17.2 Å². The van der Waals surface area contributed by atoms with E-state index in [0.717, 1.165) is 39.5 Å². The number of amides is 1. The van der Waals surface area contributed by atoms with E-state index in [4.69, 9.17) is 4.74 Å². The molecule has 0 spiro atoms. The summed E-state index contributed by atoms with van der Waals surface area (Å²) in [6.45, 7) is 0.486. The SMILES string of the molecule is C[C@@H](NC(=O)C[C@@H]1C[C@H]1c1nc2ccccc2[nH]1)c1ccc(OCC(F)(F)F)s1. The van der Waals surface area contributed by atoms with Crippen molar-refractivity contribution in [1.82, 2.24) is 15.3 Å². The predicted molar refractivity (Wildman–Crippen MR) is 104 cm³/mol. The monoisotopic (exact) mass is 423 g/mol. The molecular formula is C20H20F3N3O2S. The maximum absolute atomic E-state index is 12.4. The van der Waals surface area contributed by atoms with Crippen molar-refractivity contribution in [2.75, 3.05) is 6.61 Å². The summed E-state index contributed by atoms with van der Waals surface area (Å²) >= 11 is 1.11. The molecule has 1 aliphatic rings. The fraction of sp³-hybridized carbons (Fsp3) is 0.400. The summed E-state index contributed by atoms with van der Waals surface area (Å²) < 4.78 is 41.4. The van der Waals surface area contributed by atoms with E-state index >= 15 is 0 Å². The Morgan fingerprint density at radius 1 is 1.34 bits per heavy atom. The molecule has 2 aromatic heterocycles. The number of carbonyl (C=O) groups excluding carboxylic acids is 1. The third-order valence-corrected chi connectivity index (χ3v) is 6.09. The average molecular weight is 423 g/mol. The quantitative estimate of drug-likeness (QED) is 0.566. The van der Waals surface area contributed by atoms with Crippen LogP contribution in [0, 0.1) is 5.92 Å². The molecule has 4 rings (SSSR count). The van der Waals surface area contributed by atoms with Crippen LogP contribution >= 0.6 is 11.3 Å². The Labute approximate surface area is 169 Å². The Hall–Kier alpha value is -2.55. The number of hydrogen-bond donors (Lipinski definition) is 2. The Balaban J connectivity index is 1.27. The van der Waals surface area contributed by atoms with Gasteiger partial charge >= 0.3 is 6.18 Å². The zero-order valence-electron chi connectivity index (χ0n) is 15.6. The Kier molecular flexibility index (Phi) is 5.24. The summed E-state index contributed by atoms with van der Waals surface area (Å²) in [7, 11) is 0. The summed E-state index contributed by atoms with van der Waals surface area (Å²) in [5.41, 5.74) is 1.92. The maximum atomic E-state index is 12.4. The molecule has 29 heavy (non-hydrogen) atoms. The molecule has 0 radical (unpaired) electrons. The van der Waals surface area contributed by atoms with Crippen molar-refractivity contribution in [2.45, 2.75) is 37.9 Å². The number of alkyl halides is 3. The van der Waals surface area contributed by atoms with Crippen LogP contribution in [0.5, 0.6) is 5.06 Å². The number of nitrogens with one attached hydrogen (secondary N) is 2. The number of halogens is 3. The number of aromatic nitrogens is 2. The molecule has 3 atom stereocenters. The van der Waals surface area contributed by atoms with Crippen LogP contribution in [0.25, 0.3) is 11.0 Å². The number of nitrogens with zero attached hydrogens (tertiary/aromatic N) is 1. The molecule has 1 aromatic carbocycles. The third kappa shape index (κ3) is 4.90. The van der Waals surface area contributed by atoms with Gasteiger partial charge < -0.3 is 15.0 Å². The van der Waals surface area contributed by atoms with Gasteiger partial charge in [0.1, 0.15) is 5.82 Å². The number of thiophene rings is 1. The van der Waals surface area contributed by atoms with E-state index in [2.05, 4.69) is 15.3 Å². The lowest BCUT2D eigenvalue weighted by atomic mass is 10.2. The van der Waals surface area contributed by atoms with Crippen LogP contribution in [0.2, 0.25) is 0 Å². The minimum atomic E-state index is -4.37. The van der Waals surface area contributed by atoms with Crippen molar-refractivity contribution in [3.05, 3.63) is 47.1 Å². The van der Waals surface area contributed by atoms with E-state index in [0.29, 0.717) is 6.42 Å². The fourth-order valence-corrected chi connectivity index (χ4v) is 4.22. The molecule has 2 heterocycles. The van der Waals surface area contributed by atoms with Crippen LogP contribution in [-0.2, 0) is 4.79 Å². The molecule has 3 aromatic rings. The van der Waals surface area contributed by atoms with Gasteiger partial charge in [-0.25, -0.2) is 4.98 Å². The molecule has 0 saturated heterocycles. The van der Waals surface area contributed by atoms with Crippen molar-refractivity contribution in [3.8, 4) is 5.06 Å². The summed E-state index contributed by atoms with van der Waals surface area (Å²) in [6.07, 6.45) is -3.06. The second-order valence-corrected chi connectivity index (χ2v) is 8.37. The van der Waals surface area contributed by atoms with Crippen molar-refractivity contribution >= 4 is 28.3 Å². The Morgan fingerprint density at radius 3 is 2.90 bits per heavy atom. The molecule has 5 nitrogen and oxygen atoms in total. The van der Waals surface area contributed by atoms with E-state index in [-0.39, 0.29) is 28.8 Å². The molecular weight excluding hydrogens is 403 g/mol. The minimum Gasteiger partial charge on any atom is -0.475 e. The molecule has 0 bridgehead atoms. The molecule has 2 N–H and O–H groups in total. The van der Waals surface area contributed by atoms with Crippen LogP contribution in [0.15, 0.2) is 36.4 Å². The van der Waals surface area contributed by atoms with Crippen LogP contribution < -0.4 is 10.1 Å². The van der Waals surface area contributed by atoms with E-state index in [9.17, 15) is 18.0 Å². The Bertz CT molecular complexity index is 981. The molecule has 0 unspecified atom stereocenters. The van der Waals surface area contributed by atoms with E-state index in [1.165, 1.54) is 6.07 Å². The van der Waals surface area contributed by atoms with Crippen LogP contribution in [0.4, 0.5) is 13.2 Å². The lowest BCUT2D eigenvalue weighted by Gasteiger charge is -2.12. The molecule has 9 heteroatoms. The molecule has 1 amide bonds. The second-order valence-electron chi connectivity index (χ2n) is 7.30. The van der Waals surface area contributed by atoms with Gasteiger partial charge in [-0.15, -0.1) is 11.3 Å². The molecule has 1 aliphatic carbocycles. The van der Waals surface area contributed by atoms with Crippen LogP contribution in [-0.4, -0.2) is 28.7 Å². The van der Waals surface area contributed by atoms with Crippen LogP contribution in [0.1, 0.15) is 42.4 Å². The first-order valence-corrected chi connectivity index (χ1v) is 10.1. The van der Waals surface area contributed by atoms with Crippen molar-refractivity contribution < 1.29 is 22.7 Å². The molecule has 1 saturated carbocycles. The van der Waals surface area contributed by atoms with Gasteiger partial charge in [0.2, 0.25) is 5.91 Å². The zero-order chi connectivity index (χ0) is 20.6.